The van der Waals surface area contributed by atoms with Crippen molar-refractivity contribution in [3.8, 4) is 11.1 Å². The smallest absolute Gasteiger partial charge is 0.339 e. The number of esters is 1. The predicted octanol–water partition coefficient (Wildman–Crippen LogP) is 2.84. The number of thiocyanates is 1. The highest BCUT2D eigenvalue weighted by molar-refractivity contribution is 8.03. The summed E-state index contributed by atoms with van der Waals surface area (Å²) in [6, 6.07) is 10.8. The van der Waals surface area contributed by atoms with E-state index in [2.05, 4.69) is 0 Å². The van der Waals surface area contributed by atoms with E-state index in [1.165, 1.54) is 7.11 Å². The molecule has 1 aromatic heterocycles. The fourth-order valence-corrected chi connectivity index (χ4v) is 2.16. The molecule has 0 fully saturated rings. The zero-order chi connectivity index (χ0) is 13.0. The van der Waals surface area contributed by atoms with Crippen LogP contribution in [0.2, 0.25) is 0 Å². The highest BCUT2D eigenvalue weighted by atomic mass is 32.2. The van der Waals surface area contributed by atoms with Gasteiger partial charge in [-0.05, 0) is 24.3 Å². The van der Waals surface area contributed by atoms with Crippen molar-refractivity contribution in [2.75, 3.05) is 7.11 Å². The SMILES string of the molecule is COC(=O)c1ccccc1-n1cccc1SC#N. The lowest BCUT2D eigenvalue weighted by atomic mass is 10.2. The predicted molar refractivity (Wildman–Crippen MR) is 68.6 cm³/mol. The van der Waals surface area contributed by atoms with Crippen LogP contribution in [-0.2, 0) is 4.74 Å². The number of ether oxygens (including phenoxy) is 1. The van der Waals surface area contributed by atoms with Gasteiger partial charge in [0.1, 0.15) is 5.40 Å². The summed E-state index contributed by atoms with van der Waals surface area (Å²) in [6.45, 7) is 0. The maximum absolute atomic E-state index is 11.7. The van der Waals surface area contributed by atoms with Gasteiger partial charge in [-0.25, -0.2) is 4.79 Å². The molecule has 0 aliphatic carbocycles. The molecule has 0 spiro atoms. The molecule has 0 radical (unpaired) electrons. The van der Waals surface area contributed by atoms with E-state index in [1.54, 1.807) is 22.9 Å². The number of rotatable bonds is 3. The van der Waals surface area contributed by atoms with Crippen LogP contribution in [0.1, 0.15) is 10.4 Å². The molecule has 0 amide bonds. The van der Waals surface area contributed by atoms with Gasteiger partial charge < -0.3 is 9.30 Å². The summed E-state index contributed by atoms with van der Waals surface area (Å²) < 4.78 is 6.54. The molecule has 0 N–H and O–H groups in total. The fourth-order valence-electron chi connectivity index (χ4n) is 1.66. The maximum Gasteiger partial charge on any atom is 0.339 e. The number of nitriles is 1. The number of carbonyl (C=O) groups excluding carboxylic acids is 1. The summed E-state index contributed by atoms with van der Waals surface area (Å²) in [5, 5.41) is 11.5. The summed E-state index contributed by atoms with van der Waals surface area (Å²) in [6.07, 6.45) is 1.81. The molecule has 90 valence electrons. The molecule has 0 atom stereocenters. The number of carbonyl (C=O) groups is 1. The number of benzene rings is 1. The lowest BCUT2D eigenvalue weighted by Gasteiger charge is -2.10. The minimum absolute atomic E-state index is 0.396. The van der Waals surface area contributed by atoms with Crippen LogP contribution in [-0.4, -0.2) is 17.6 Å². The molecule has 1 heterocycles. The Balaban J connectivity index is 2.54. The van der Waals surface area contributed by atoms with Crippen LogP contribution in [0.4, 0.5) is 0 Å². The second kappa shape index (κ2) is 5.43. The van der Waals surface area contributed by atoms with Gasteiger partial charge in [-0.1, -0.05) is 12.1 Å². The molecule has 18 heavy (non-hydrogen) atoms. The highest BCUT2D eigenvalue weighted by Crippen LogP contribution is 2.24. The van der Waals surface area contributed by atoms with Crippen molar-refractivity contribution in [1.82, 2.24) is 4.57 Å². The van der Waals surface area contributed by atoms with Gasteiger partial charge in [-0.15, -0.1) is 0 Å². The molecule has 0 saturated carbocycles. The van der Waals surface area contributed by atoms with Gasteiger partial charge in [-0.3, -0.25) is 0 Å². The van der Waals surface area contributed by atoms with E-state index in [-0.39, 0.29) is 0 Å². The van der Waals surface area contributed by atoms with Crippen molar-refractivity contribution < 1.29 is 9.53 Å². The van der Waals surface area contributed by atoms with Crippen LogP contribution in [0, 0.1) is 10.7 Å². The molecule has 0 aliphatic rings. The van der Waals surface area contributed by atoms with Crippen LogP contribution >= 0.6 is 11.8 Å². The number of para-hydroxylation sites is 1. The summed E-state index contributed by atoms with van der Waals surface area (Å²) in [5.41, 5.74) is 1.17. The van der Waals surface area contributed by atoms with E-state index in [4.69, 9.17) is 10.00 Å². The van der Waals surface area contributed by atoms with Gasteiger partial charge in [0.2, 0.25) is 0 Å². The number of methoxy groups -OCH3 is 1. The van der Waals surface area contributed by atoms with Crippen LogP contribution in [0.15, 0.2) is 47.6 Å². The maximum atomic E-state index is 11.7. The minimum atomic E-state index is -0.396. The average Bonchev–Trinajstić information content (AvgIpc) is 2.86. The van der Waals surface area contributed by atoms with Crippen molar-refractivity contribution in [3.05, 3.63) is 48.2 Å². The second-order valence-electron chi connectivity index (χ2n) is 3.42. The van der Waals surface area contributed by atoms with Crippen molar-refractivity contribution in [1.29, 1.82) is 5.26 Å². The first-order valence-electron chi connectivity index (χ1n) is 5.19. The van der Waals surface area contributed by atoms with E-state index in [9.17, 15) is 4.79 Å². The van der Waals surface area contributed by atoms with Gasteiger partial charge >= 0.3 is 5.97 Å². The first kappa shape index (κ1) is 12.3. The number of hydrogen-bond donors (Lipinski definition) is 0. The zero-order valence-electron chi connectivity index (χ0n) is 9.66. The average molecular weight is 258 g/mol. The third-order valence-electron chi connectivity index (χ3n) is 2.43. The van der Waals surface area contributed by atoms with Gasteiger partial charge in [0.25, 0.3) is 0 Å². The monoisotopic (exact) mass is 258 g/mol. The highest BCUT2D eigenvalue weighted by Gasteiger charge is 2.14. The van der Waals surface area contributed by atoms with E-state index < -0.39 is 5.97 Å². The topological polar surface area (TPSA) is 55.0 Å². The van der Waals surface area contributed by atoms with Crippen LogP contribution < -0.4 is 0 Å². The fraction of sp³-hybridized carbons (Fsp3) is 0.0769. The molecule has 1 aromatic carbocycles. The zero-order valence-corrected chi connectivity index (χ0v) is 10.5. The molecule has 2 rings (SSSR count). The molecule has 0 saturated heterocycles. The Morgan fingerprint density at radius 3 is 2.83 bits per heavy atom. The molecule has 4 nitrogen and oxygen atoms in total. The number of nitrogens with zero attached hydrogens (tertiary/aromatic N) is 2. The third kappa shape index (κ3) is 2.24. The van der Waals surface area contributed by atoms with Gasteiger partial charge in [0, 0.05) is 18.0 Å². The Labute approximate surface area is 109 Å². The largest absolute Gasteiger partial charge is 0.465 e. The van der Waals surface area contributed by atoms with E-state index in [0.29, 0.717) is 11.3 Å². The summed E-state index contributed by atoms with van der Waals surface area (Å²) >= 11 is 1.05. The van der Waals surface area contributed by atoms with E-state index in [0.717, 1.165) is 16.8 Å². The van der Waals surface area contributed by atoms with Crippen molar-refractivity contribution in [2.24, 2.45) is 0 Å². The lowest BCUT2D eigenvalue weighted by molar-refractivity contribution is 0.0600. The number of thioether (sulfide) groups is 1. The normalized spacial score (nSPS) is 9.78. The second-order valence-corrected chi connectivity index (χ2v) is 4.22. The Morgan fingerprint density at radius 2 is 2.11 bits per heavy atom. The van der Waals surface area contributed by atoms with Crippen LogP contribution in [0.3, 0.4) is 0 Å². The molecular weight excluding hydrogens is 248 g/mol. The molecule has 0 aliphatic heterocycles. The quantitative estimate of drug-likeness (QED) is 0.482. The minimum Gasteiger partial charge on any atom is -0.465 e. The summed E-state index contributed by atoms with van der Waals surface area (Å²) in [7, 11) is 1.35. The first-order valence-corrected chi connectivity index (χ1v) is 6.00. The van der Waals surface area contributed by atoms with E-state index >= 15 is 0 Å². The molecule has 2 aromatic rings. The Kier molecular flexibility index (Phi) is 3.70. The van der Waals surface area contributed by atoms with Gasteiger partial charge in [0.05, 0.1) is 23.4 Å². The standard InChI is InChI=1S/C13H10N2O2S/c1-17-13(16)10-5-2-3-6-11(10)15-8-4-7-12(15)18-9-14/h2-8H,1H3. The Hall–Kier alpha value is -2.19. The Bertz CT molecular complexity index is 613. The van der Waals surface area contributed by atoms with Crippen molar-refractivity contribution in [2.45, 2.75) is 5.03 Å². The third-order valence-corrected chi connectivity index (χ3v) is 3.06. The summed E-state index contributed by atoms with van der Waals surface area (Å²) in [4.78, 5) is 11.7. The molecule has 0 unspecified atom stereocenters. The van der Waals surface area contributed by atoms with Crippen LogP contribution in [0.25, 0.3) is 5.69 Å². The first-order chi connectivity index (χ1) is 8.77. The van der Waals surface area contributed by atoms with Crippen LogP contribution in [0.5, 0.6) is 0 Å². The van der Waals surface area contributed by atoms with Crippen molar-refractivity contribution in [3.63, 3.8) is 0 Å². The molecular formula is C13H10N2O2S. The Morgan fingerprint density at radius 1 is 1.33 bits per heavy atom. The van der Waals surface area contributed by atoms with Crippen molar-refractivity contribution >= 4 is 17.7 Å². The molecule has 0 bridgehead atoms. The van der Waals surface area contributed by atoms with Gasteiger partial charge in [-0.2, -0.15) is 5.26 Å². The number of hydrogen-bond acceptors (Lipinski definition) is 4. The number of aromatic nitrogens is 1. The summed E-state index contributed by atoms with van der Waals surface area (Å²) in [5.74, 6) is -0.396. The van der Waals surface area contributed by atoms with E-state index in [1.807, 2.05) is 29.7 Å². The molecule has 5 heteroatoms. The lowest BCUT2D eigenvalue weighted by Crippen LogP contribution is -2.07. The van der Waals surface area contributed by atoms with Gasteiger partial charge in [0.15, 0.2) is 0 Å².